The van der Waals surface area contributed by atoms with Crippen LogP contribution in [0.2, 0.25) is 0 Å². The maximum absolute atomic E-state index is 13.5. The Morgan fingerprint density at radius 3 is 2.16 bits per heavy atom. The molecular formula is C14H19F2NO2. The highest BCUT2D eigenvalue weighted by Gasteiger charge is 2.50. The molecule has 106 valence electrons. The number of rotatable bonds is 5. The summed E-state index contributed by atoms with van der Waals surface area (Å²) in [5.74, 6) is -3.87. The van der Waals surface area contributed by atoms with Gasteiger partial charge in [-0.25, -0.2) is 13.8 Å². The topological polar surface area (TPSA) is 29.5 Å². The monoisotopic (exact) mass is 271 g/mol. The summed E-state index contributed by atoms with van der Waals surface area (Å²) >= 11 is 0. The highest BCUT2D eigenvalue weighted by Crippen LogP contribution is 2.37. The van der Waals surface area contributed by atoms with Crippen LogP contribution in [0.15, 0.2) is 30.3 Å². The third-order valence-corrected chi connectivity index (χ3v) is 3.25. The van der Waals surface area contributed by atoms with E-state index in [0.717, 1.165) is 17.6 Å². The standard InChI is InChI=1S/C14H19F2NO2/c1-13(2,14(3,15)16)12(18)17(19-4)10-11-8-6-5-7-9-11/h5-9H,10H2,1-4H3. The van der Waals surface area contributed by atoms with Gasteiger partial charge in [0.15, 0.2) is 0 Å². The van der Waals surface area contributed by atoms with Gasteiger partial charge in [-0.2, -0.15) is 0 Å². The highest BCUT2D eigenvalue weighted by atomic mass is 19.3. The maximum Gasteiger partial charge on any atom is 0.259 e. The molecule has 0 aliphatic carbocycles. The smallest absolute Gasteiger partial charge is 0.259 e. The molecule has 1 aromatic carbocycles. The minimum Gasteiger partial charge on any atom is -0.274 e. The second kappa shape index (κ2) is 5.65. The number of carbonyl (C=O) groups is 1. The van der Waals surface area contributed by atoms with Gasteiger partial charge in [0.25, 0.3) is 11.8 Å². The fourth-order valence-electron chi connectivity index (χ4n) is 1.47. The number of hydrogen-bond acceptors (Lipinski definition) is 2. The predicted molar refractivity (Wildman–Crippen MR) is 68.4 cm³/mol. The lowest BCUT2D eigenvalue weighted by molar-refractivity contribution is -0.205. The van der Waals surface area contributed by atoms with E-state index in [4.69, 9.17) is 4.84 Å². The summed E-state index contributed by atoms with van der Waals surface area (Å²) in [6.45, 7) is 3.30. The van der Waals surface area contributed by atoms with Gasteiger partial charge in [-0.1, -0.05) is 30.3 Å². The van der Waals surface area contributed by atoms with E-state index >= 15 is 0 Å². The quantitative estimate of drug-likeness (QED) is 0.769. The van der Waals surface area contributed by atoms with Crippen LogP contribution in [0.3, 0.4) is 0 Å². The largest absolute Gasteiger partial charge is 0.274 e. The average molecular weight is 271 g/mol. The zero-order valence-electron chi connectivity index (χ0n) is 11.6. The van der Waals surface area contributed by atoms with Crippen LogP contribution in [0.25, 0.3) is 0 Å². The van der Waals surface area contributed by atoms with Crippen LogP contribution in [0.5, 0.6) is 0 Å². The fraction of sp³-hybridized carbons (Fsp3) is 0.500. The van der Waals surface area contributed by atoms with Gasteiger partial charge in [-0.05, 0) is 19.4 Å². The van der Waals surface area contributed by atoms with Gasteiger partial charge in [-0.3, -0.25) is 9.63 Å². The third kappa shape index (κ3) is 3.50. The summed E-state index contributed by atoms with van der Waals surface area (Å²) in [4.78, 5) is 17.1. The molecule has 1 rings (SSSR count). The molecule has 5 heteroatoms. The molecular weight excluding hydrogens is 252 g/mol. The molecule has 0 fully saturated rings. The molecule has 0 radical (unpaired) electrons. The van der Waals surface area contributed by atoms with Crippen LogP contribution in [-0.2, 0) is 16.2 Å². The lowest BCUT2D eigenvalue weighted by Gasteiger charge is -2.34. The van der Waals surface area contributed by atoms with E-state index in [2.05, 4.69) is 0 Å². The fourth-order valence-corrected chi connectivity index (χ4v) is 1.47. The van der Waals surface area contributed by atoms with Crippen molar-refractivity contribution in [3.05, 3.63) is 35.9 Å². The third-order valence-electron chi connectivity index (χ3n) is 3.25. The minimum absolute atomic E-state index is 0.135. The average Bonchev–Trinajstić information content (AvgIpc) is 2.35. The van der Waals surface area contributed by atoms with Crippen molar-refractivity contribution in [3.63, 3.8) is 0 Å². The molecule has 0 aliphatic rings. The minimum atomic E-state index is -3.13. The van der Waals surface area contributed by atoms with E-state index in [1.807, 2.05) is 18.2 Å². The molecule has 0 atom stereocenters. The van der Waals surface area contributed by atoms with E-state index in [-0.39, 0.29) is 6.54 Å². The number of hydrogen-bond donors (Lipinski definition) is 0. The zero-order valence-corrected chi connectivity index (χ0v) is 11.6. The Hall–Kier alpha value is -1.49. The van der Waals surface area contributed by atoms with Crippen LogP contribution < -0.4 is 0 Å². The molecule has 19 heavy (non-hydrogen) atoms. The summed E-state index contributed by atoms with van der Waals surface area (Å²) in [6, 6.07) is 9.07. The lowest BCUT2D eigenvalue weighted by Crippen LogP contribution is -2.48. The van der Waals surface area contributed by atoms with Crippen molar-refractivity contribution < 1.29 is 18.4 Å². The van der Waals surface area contributed by atoms with Crippen molar-refractivity contribution in [1.29, 1.82) is 0 Å². The van der Waals surface area contributed by atoms with Gasteiger partial charge < -0.3 is 0 Å². The van der Waals surface area contributed by atoms with Crippen LogP contribution in [0.1, 0.15) is 26.3 Å². The zero-order chi connectivity index (χ0) is 14.7. The van der Waals surface area contributed by atoms with Crippen molar-refractivity contribution in [2.24, 2.45) is 5.41 Å². The van der Waals surface area contributed by atoms with Gasteiger partial charge >= 0.3 is 0 Å². The number of alkyl halides is 2. The molecule has 3 nitrogen and oxygen atoms in total. The molecule has 0 saturated carbocycles. The molecule has 0 bridgehead atoms. The Balaban J connectivity index is 2.89. The molecule has 0 unspecified atom stereocenters. The highest BCUT2D eigenvalue weighted by molar-refractivity contribution is 5.82. The second-order valence-corrected chi connectivity index (χ2v) is 5.02. The Kier molecular flexibility index (Phi) is 4.63. The Labute approximate surface area is 112 Å². The summed E-state index contributed by atoms with van der Waals surface area (Å²) in [6.07, 6.45) is 0. The number of hydroxylamine groups is 2. The molecule has 0 spiro atoms. The van der Waals surface area contributed by atoms with E-state index in [0.29, 0.717) is 0 Å². The van der Waals surface area contributed by atoms with Crippen LogP contribution >= 0.6 is 0 Å². The van der Waals surface area contributed by atoms with Crippen molar-refractivity contribution in [2.75, 3.05) is 7.11 Å². The molecule has 0 aromatic heterocycles. The van der Waals surface area contributed by atoms with Crippen molar-refractivity contribution >= 4 is 5.91 Å². The van der Waals surface area contributed by atoms with Gasteiger partial charge in [0.1, 0.15) is 5.41 Å². The van der Waals surface area contributed by atoms with Crippen molar-refractivity contribution in [2.45, 2.75) is 33.2 Å². The van der Waals surface area contributed by atoms with Crippen LogP contribution in [0, 0.1) is 5.41 Å². The maximum atomic E-state index is 13.5. The Morgan fingerprint density at radius 2 is 1.74 bits per heavy atom. The molecule has 0 aliphatic heterocycles. The molecule has 0 saturated heterocycles. The van der Waals surface area contributed by atoms with Gasteiger partial charge in [0.05, 0.1) is 13.7 Å². The van der Waals surface area contributed by atoms with Crippen molar-refractivity contribution in [3.8, 4) is 0 Å². The summed E-state index contributed by atoms with van der Waals surface area (Å²) < 4.78 is 27.0. The SMILES string of the molecule is CON(Cc1ccccc1)C(=O)C(C)(C)C(C)(F)F. The van der Waals surface area contributed by atoms with Crippen molar-refractivity contribution in [1.82, 2.24) is 5.06 Å². The first kappa shape index (κ1) is 15.6. The van der Waals surface area contributed by atoms with Gasteiger partial charge in [-0.15, -0.1) is 0 Å². The number of carbonyl (C=O) groups excluding carboxylic acids is 1. The second-order valence-electron chi connectivity index (χ2n) is 5.02. The van der Waals surface area contributed by atoms with Gasteiger partial charge in [0.2, 0.25) is 0 Å². The van der Waals surface area contributed by atoms with Gasteiger partial charge in [0, 0.05) is 6.92 Å². The summed E-state index contributed by atoms with van der Waals surface area (Å²) in [7, 11) is 1.30. The van der Waals surface area contributed by atoms with Crippen LogP contribution in [0.4, 0.5) is 8.78 Å². The first-order chi connectivity index (χ1) is 8.70. The number of amides is 1. The van der Waals surface area contributed by atoms with E-state index in [9.17, 15) is 13.6 Å². The summed E-state index contributed by atoms with van der Waals surface area (Å²) in [5, 5.41) is 0.965. The normalized spacial score (nSPS) is 12.3. The molecule has 0 heterocycles. The summed E-state index contributed by atoms with van der Waals surface area (Å²) in [5.41, 5.74) is -1.01. The number of halogens is 2. The molecule has 1 amide bonds. The van der Waals surface area contributed by atoms with Crippen LogP contribution in [-0.4, -0.2) is 24.0 Å². The Bertz CT molecular complexity index is 427. The molecule has 1 aromatic rings. The first-order valence-corrected chi connectivity index (χ1v) is 5.98. The lowest BCUT2D eigenvalue weighted by atomic mass is 9.85. The predicted octanol–water partition coefficient (Wildman–Crippen LogP) is 3.26. The number of benzene rings is 1. The van der Waals surface area contributed by atoms with E-state index < -0.39 is 17.2 Å². The molecule has 0 N–H and O–H groups in total. The Morgan fingerprint density at radius 1 is 1.21 bits per heavy atom. The first-order valence-electron chi connectivity index (χ1n) is 5.98. The van der Waals surface area contributed by atoms with E-state index in [1.165, 1.54) is 21.0 Å². The van der Waals surface area contributed by atoms with E-state index in [1.54, 1.807) is 12.1 Å². The number of nitrogens with zero attached hydrogens (tertiary/aromatic N) is 1.